The molecule has 142 valence electrons. The van der Waals surface area contributed by atoms with E-state index in [-0.39, 0.29) is 0 Å². The van der Waals surface area contributed by atoms with Gasteiger partial charge >= 0.3 is 0 Å². The van der Waals surface area contributed by atoms with Crippen LogP contribution in [0.4, 0.5) is 17.5 Å². The first-order chi connectivity index (χ1) is 13.8. The lowest BCUT2D eigenvalue weighted by Crippen LogP contribution is -2.46. The predicted octanol–water partition coefficient (Wildman–Crippen LogP) is 4.07. The number of hydrogen-bond acceptors (Lipinski definition) is 5. The molecule has 1 N–H and O–H groups in total. The van der Waals surface area contributed by atoms with Gasteiger partial charge in [0.1, 0.15) is 5.82 Å². The second-order valence-electron chi connectivity index (χ2n) is 6.78. The molecule has 0 bridgehead atoms. The number of para-hydroxylation sites is 1. The normalized spacial score (nSPS) is 14.0. The van der Waals surface area contributed by atoms with Crippen molar-refractivity contribution in [2.45, 2.75) is 0 Å². The highest BCUT2D eigenvalue weighted by Crippen LogP contribution is 2.25. The van der Waals surface area contributed by atoms with E-state index < -0.39 is 0 Å². The van der Waals surface area contributed by atoms with Crippen LogP contribution in [0.5, 0.6) is 0 Å². The van der Waals surface area contributed by atoms with Crippen molar-refractivity contribution in [1.82, 2.24) is 9.97 Å². The summed E-state index contributed by atoms with van der Waals surface area (Å²) in [6, 6.07) is 22.9. The van der Waals surface area contributed by atoms with Gasteiger partial charge in [-0.05, 0) is 12.1 Å². The summed E-state index contributed by atoms with van der Waals surface area (Å²) < 4.78 is 0. The van der Waals surface area contributed by atoms with Crippen LogP contribution in [0.15, 0.2) is 79.4 Å². The molecule has 1 fully saturated rings. The van der Waals surface area contributed by atoms with Gasteiger partial charge in [0.25, 0.3) is 0 Å². The van der Waals surface area contributed by atoms with Crippen LogP contribution < -0.4 is 15.1 Å². The average molecular weight is 371 g/mol. The van der Waals surface area contributed by atoms with Crippen molar-refractivity contribution in [3.8, 4) is 11.3 Å². The van der Waals surface area contributed by atoms with Gasteiger partial charge in [-0.2, -0.15) is 4.98 Å². The fourth-order valence-corrected chi connectivity index (χ4v) is 3.43. The molecular formula is C23H25N5. The number of anilines is 3. The van der Waals surface area contributed by atoms with Crippen molar-refractivity contribution in [3.05, 3.63) is 79.4 Å². The number of nitrogens with one attached hydrogen (secondary N) is 1. The average Bonchev–Trinajstić information content (AvgIpc) is 2.79. The molecule has 1 aliphatic rings. The predicted molar refractivity (Wildman–Crippen MR) is 117 cm³/mol. The summed E-state index contributed by atoms with van der Waals surface area (Å²) in [6.07, 6.45) is 1.82. The summed E-state index contributed by atoms with van der Waals surface area (Å²) in [5, 5.41) is 3.24. The van der Waals surface area contributed by atoms with Crippen molar-refractivity contribution in [2.24, 2.45) is 0 Å². The van der Waals surface area contributed by atoms with E-state index in [0.29, 0.717) is 12.5 Å². The number of aromatic nitrogens is 2. The summed E-state index contributed by atoms with van der Waals surface area (Å²) in [5.74, 6) is 1.61. The molecule has 5 nitrogen and oxygen atoms in total. The molecule has 1 aliphatic heterocycles. The Kier molecular flexibility index (Phi) is 5.52. The third kappa shape index (κ3) is 4.14. The SMILES string of the molecule is C=CCNc1nc(-c2ccccc2)cc(N2CCN(c3ccccc3)CC2)n1. The molecule has 0 amide bonds. The number of nitrogens with zero attached hydrogens (tertiary/aromatic N) is 4. The number of benzene rings is 2. The molecular weight excluding hydrogens is 346 g/mol. The lowest BCUT2D eigenvalue weighted by Gasteiger charge is -2.36. The third-order valence-corrected chi connectivity index (χ3v) is 4.91. The molecule has 0 spiro atoms. The van der Waals surface area contributed by atoms with Crippen LogP contribution >= 0.6 is 0 Å². The fraction of sp³-hybridized carbons (Fsp3) is 0.217. The topological polar surface area (TPSA) is 44.3 Å². The molecule has 2 aromatic carbocycles. The minimum Gasteiger partial charge on any atom is -0.368 e. The number of piperazine rings is 1. The van der Waals surface area contributed by atoms with Gasteiger partial charge in [0.15, 0.2) is 0 Å². The van der Waals surface area contributed by atoms with Gasteiger partial charge in [-0.25, -0.2) is 4.98 Å². The van der Waals surface area contributed by atoms with Crippen LogP contribution in [-0.4, -0.2) is 42.7 Å². The lowest BCUT2D eigenvalue weighted by molar-refractivity contribution is 0.647. The number of rotatable bonds is 6. The zero-order valence-corrected chi connectivity index (χ0v) is 16.0. The monoisotopic (exact) mass is 371 g/mol. The van der Waals surface area contributed by atoms with Gasteiger partial charge in [0, 0.05) is 50.0 Å². The van der Waals surface area contributed by atoms with Crippen LogP contribution in [0.2, 0.25) is 0 Å². The van der Waals surface area contributed by atoms with E-state index in [2.05, 4.69) is 70.2 Å². The minimum absolute atomic E-state index is 0.638. The Bertz CT molecular complexity index is 903. The Morgan fingerprint density at radius 2 is 1.50 bits per heavy atom. The Labute approximate surface area is 166 Å². The van der Waals surface area contributed by atoms with E-state index in [1.54, 1.807) is 0 Å². The summed E-state index contributed by atoms with van der Waals surface area (Å²) in [4.78, 5) is 14.2. The lowest BCUT2D eigenvalue weighted by atomic mass is 10.1. The van der Waals surface area contributed by atoms with Crippen molar-refractivity contribution in [2.75, 3.05) is 47.8 Å². The zero-order chi connectivity index (χ0) is 19.2. The standard InChI is InChI=1S/C23H25N5/c1-2-13-24-23-25-21(19-9-5-3-6-10-19)18-22(26-23)28-16-14-27(15-17-28)20-11-7-4-8-12-20/h2-12,18H,1,13-17H2,(H,24,25,26). The first kappa shape index (κ1) is 18.0. The van der Waals surface area contributed by atoms with Gasteiger partial charge in [-0.1, -0.05) is 54.6 Å². The summed E-state index contributed by atoms with van der Waals surface area (Å²) >= 11 is 0. The Morgan fingerprint density at radius 1 is 0.857 bits per heavy atom. The maximum Gasteiger partial charge on any atom is 0.225 e. The Hall–Kier alpha value is -3.34. The van der Waals surface area contributed by atoms with Crippen molar-refractivity contribution in [3.63, 3.8) is 0 Å². The smallest absolute Gasteiger partial charge is 0.225 e. The van der Waals surface area contributed by atoms with E-state index >= 15 is 0 Å². The second kappa shape index (κ2) is 8.57. The van der Waals surface area contributed by atoms with Crippen LogP contribution in [0.1, 0.15) is 0 Å². The molecule has 2 heterocycles. The van der Waals surface area contributed by atoms with Crippen LogP contribution in [0.3, 0.4) is 0 Å². The first-order valence-corrected chi connectivity index (χ1v) is 9.68. The highest BCUT2D eigenvalue weighted by Gasteiger charge is 2.19. The first-order valence-electron chi connectivity index (χ1n) is 9.68. The molecule has 4 rings (SSSR count). The molecule has 0 atom stereocenters. The van der Waals surface area contributed by atoms with Gasteiger partial charge in [-0.15, -0.1) is 6.58 Å². The highest BCUT2D eigenvalue weighted by molar-refractivity contribution is 5.65. The summed E-state index contributed by atoms with van der Waals surface area (Å²) in [7, 11) is 0. The molecule has 0 radical (unpaired) electrons. The minimum atomic E-state index is 0.638. The quantitative estimate of drug-likeness (QED) is 0.662. The zero-order valence-electron chi connectivity index (χ0n) is 16.0. The Balaban J connectivity index is 1.56. The third-order valence-electron chi connectivity index (χ3n) is 4.91. The fourth-order valence-electron chi connectivity index (χ4n) is 3.43. The molecule has 1 aromatic heterocycles. The van der Waals surface area contributed by atoms with E-state index in [9.17, 15) is 0 Å². The van der Waals surface area contributed by atoms with Crippen molar-refractivity contribution in [1.29, 1.82) is 0 Å². The van der Waals surface area contributed by atoms with E-state index in [0.717, 1.165) is 43.3 Å². The summed E-state index contributed by atoms with van der Waals surface area (Å²) in [5.41, 5.74) is 3.31. The molecule has 28 heavy (non-hydrogen) atoms. The van der Waals surface area contributed by atoms with Crippen LogP contribution in [0.25, 0.3) is 11.3 Å². The molecule has 3 aromatic rings. The van der Waals surface area contributed by atoms with Gasteiger partial charge in [0.2, 0.25) is 5.95 Å². The van der Waals surface area contributed by atoms with E-state index in [4.69, 9.17) is 9.97 Å². The van der Waals surface area contributed by atoms with Gasteiger partial charge < -0.3 is 15.1 Å². The van der Waals surface area contributed by atoms with E-state index in [1.165, 1.54) is 5.69 Å². The molecule has 0 aliphatic carbocycles. The van der Waals surface area contributed by atoms with Crippen molar-refractivity contribution < 1.29 is 0 Å². The van der Waals surface area contributed by atoms with Crippen molar-refractivity contribution >= 4 is 17.5 Å². The van der Waals surface area contributed by atoms with E-state index in [1.807, 2.05) is 24.3 Å². The number of hydrogen-bond donors (Lipinski definition) is 1. The summed E-state index contributed by atoms with van der Waals surface area (Å²) in [6.45, 7) is 8.23. The molecule has 5 heteroatoms. The maximum absolute atomic E-state index is 4.76. The Morgan fingerprint density at radius 3 is 2.18 bits per heavy atom. The maximum atomic E-state index is 4.76. The molecule has 0 unspecified atom stereocenters. The second-order valence-corrected chi connectivity index (χ2v) is 6.78. The highest BCUT2D eigenvalue weighted by atomic mass is 15.3. The van der Waals surface area contributed by atoms with Crippen LogP contribution in [0, 0.1) is 0 Å². The van der Waals surface area contributed by atoms with Gasteiger partial charge in [0.05, 0.1) is 5.69 Å². The molecule has 0 saturated carbocycles. The van der Waals surface area contributed by atoms with Crippen LogP contribution in [-0.2, 0) is 0 Å². The molecule has 1 saturated heterocycles. The largest absolute Gasteiger partial charge is 0.368 e. The van der Waals surface area contributed by atoms with Gasteiger partial charge in [-0.3, -0.25) is 0 Å².